The fourth-order valence-electron chi connectivity index (χ4n) is 3.81. The number of amides is 2. The minimum atomic E-state index is -4.12. The zero-order chi connectivity index (χ0) is 28.0. The minimum Gasteiger partial charge on any atom is -0.357 e. The summed E-state index contributed by atoms with van der Waals surface area (Å²) >= 11 is 12.4. The second kappa shape index (κ2) is 12.6. The Hall–Kier alpha value is -3.21. The van der Waals surface area contributed by atoms with Gasteiger partial charge in [0.1, 0.15) is 12.6 Å². The quantitative estimate of drug-likeness (QED) is 0.382. The molecule has 0 aromatic heterocycles. The van der Waals surface area contributed by atoms with Crippen LogP contribution < -0.4 is 9.62 Å². The molecule has 0 bridgehead atoms. The Balaban J connectivity index is 2.06. The predicted octanol–water partition coefficient (Wildman–Crippen LogP) is 4.42. The van der Waals surface area contributed by atoms with Gasteiger partial charge in [0, 0.05) is 36.1 Å². The van der Waals surface area contributed by atoms with Crippen LogP contribution in [0.1, 0.15) is 11.1 Å². The molecule has 3 aromatic rings. The number of benzene rings is 3. The number of nitrogens with zero attached hydrogens (tertiary/aromatic N) is 2. The van der Waals surface area contributed by atoms with Gasteiger partial charge in [-0.3, -0.25) is 13.9 Å². The maximum atomic E-state index is 13.9. The third-order valence-corrected chi connectivity index (χ3v) is 7.47. The van der Waals surface area contributed by atoms with Crippen LogP contribution in [0, 0.1) is 11.6 Å². The summed E-state index contributed by atoms with van der Waals surface area (Å²) in [7, 11) is -2.70. The zero-order valence-electron chi connectivity index (χ0n) is 20.5. The van der Waals surface area contributed by atoms with Gasteiger partial charge < -0.3 is 10.2 Å². The third kappa shape index (κ3) is 7.43. The van der Waals surface area contributed by atoms with Gasteiger partial charge in [-0.2, -0.15) is 0 Å². The smallest absolute Gasteiger partial charge is 0.244 e. The van der Waals surface area contributed by atoms with E-state index in [1.165, 1.54) is 18.0 Å². The molecule has 2 amide bonds. The summed E-state index contributed by atoms with van der Waals surface area (Å²) in [6, 6.07) is 15.0. The van der Waals surface area contributed by atoms with Crippen LogP contribution in [0.5, 0.6) is 0 Å². The summed E-state index contributed by atoms with van der Waals surface area (Å²) in [5.41, 5.74) is 0.968. The second-order valence-corrected chi connectivity index (χ2v) is 11.2. The molecule has 202 valence electrons. The van der Waals surface area contributed by atoms with Gasteiger partial charge in [0.2, 0.25) is 21.8 Å². The summed E-state index contributed by atoms with van der Waals surface area (Å²) in [5, 5.41) is 3.16. The molecule has 0 unspecified atom stereocenters. The number of carbonyl (C=O) groups is 2. The van der Waals surface area contributed by atoms with Crippen molar-refractivity contribution in [1.82, 2.24) is 10.2 Å². The molecule has 0 fully saturated rings. The Bertz CT molecular complexity index is 1430. The van der Waals surface area contributed by atoms with Crippen LogP contribution in [-0.2, 0) is 32.6 Å². The first-order valence-electron chi connectivity index (χ1n) is 11.3. The maximum Gasteiger partial charge on any atom is 0.244 e. The van der Waals surface area contributed by atoms with Gasteiger partial charge in [0.05, 0.1) is 11.9 Å². The van der Waals surface area contributed by atoms with E-state index in [9.17, 15) is 26.8 Å². The normalized spacial score (nSPS) is 12.1. The zero-order valence-corrected chi connectivity index (χ0v) is 22.8. The van der Waals surface area contributed by atoms with E-state index in [4.69, 9.17) is 23.2 Å². The van der Waals surface area contributed by atoms with Crippen molar-refractivity contribution in [2.75, 3.05) is 24.2 Å². The average molecular weight is 584 g/mol. The molecule has 3 rings (SSSR count). The summed E-state index contributed by atoms with van der Waals surface area (Å²) in [6.07, 6.45) is 0.948. The molecular weight excluding hydrogens is 559 g/mol. The van der Waals surface area contributed by atoms with Crippen LogP contribution in [0.2, 0.25) is 10.0 Å². The third-order valence-electron chi connectivity index (χ3n) is 5.74. The number of carbonyl (C=O) groups excluding carboxylic acids is 2. The second-order valence-electron chi connectivity index (χ2n) is 8.45. The first-order valence-corrected chi connectivity index (χ1v) is 13.9. The molecule has 0 aliphatic carbocycles. The Labute approximate surface area is 230 Å². The molecule has 0 saturated carbocycles. The lowest BCUT2D eigenvalue weighted by Crippen LogP contribution is -2.53. The first kappa shape index (κ1) is 29.3. The fourth-order valence-corrected chi connectivity index (χ4v) is 5.12. The van der Waals surface area contributed by atoms with Crippen molar-refractivity contribution in [3.63, 3.8) is 0 Å². The van der Waals surface area contributed by atoms with E-state index < -0.39 is 46.1 Å². The summed E-state index contributed by atoms with van der Waals surface area (Å²) < 4.78 is 53.3. The van der Waals surface area contributed by atoms with E-state index in [1.54, 1.807) is 42.5 Å². The van der Waals surface area contributed by atoms with Crippen molar-refractivity contribution in [1.29, 1.82) is 0 Å². The van der Waals surface area contributed by atoms with E-state index in [0.29, 0.717) is 21.0 Å². The molecule has 0 aliphatic rings. The van der Waals surface area contributed by atoms with Gasteiger partial charge in [0.15, 0.2) is 11.6 Å². The summed E-state index contributed by atoms with van der Waals surface area (Å²) in [5.74, 6) is -3.71. The van der Waals surface area contributed by atoms with Crippen LogP contribution in [0.15, 0.2) is 66.7 Å². The number of anilines is 1. The molecule has 0 heterocycles. The van der Waals surface area contributed by atoms with Gasteiger partial charge in [-0.25, -0.2) is 17.2 Å². The van der Waals surface area contributed by atoms with Crippen LogP contribution >= 0.6 is 23.2 Å². The molecule has 0 saturated heterocycles. The predicted molar refractivity (Wildman–Crippen MR) is 144 cm³/mol. The lowest BCUT2D eigenvalue weighted by molar-refractivity contribution is -0.139. The van der Waals surface area contributed by atoms with E-state index >= 15 is 0 Å². The lowest BCUT2D eigenvalue weighted by atomic mass is 10.0. The monoisotopic (exact) mass is 583 g/mol. The number of sulfonamides is 1. The van der Waals surface area contributed by atoms with Crippen molar-refractivity contribution >= 4 is 50.7 Å². The molecule has 0 spiro atoms. The van der Waals surface area contributed by atoms with Crippen LogP contribution in [0.25, 0.3) is 0 Å². The Kier molecular flexibility index (Phi) is 9.70. The SMILES string of the molecule is CNC(=O)[C@@H](Cc1ccccc1)N(Cc1ccc(Cl)cc1Cl)C(=O)CN(c1ccc(F)c(F)c1)S(C)(=O)=O. The van der Waals surface area contributed by atoms with Crippen LogP contribution in [0.4, 0.5) is 14.5 Å². The van der Waals surface area contributed by atoms with Gasteiger partial charge in [-0.15, -0.1) is 0 Å². The molecule has 3 aromatic carbocycles. The van der Waals surface area contributed by atoms with Gasteiger partial charge in [0.25, 0.3) is 0 Å². The molecule has 0 aliphatic heterocycles. The molecule has 12 heteroatoms. The first-order chi connectivity index (χ1) is 17.9. The molecule has 38 heavy (non-hydrogen) atoms. The maximum absolute atomic E-state index is 13.9. The number of nitrogens with one attached hydrogen (secondary N) is 1. The number of rotatable bonds is 10. The average Bonchev–Trinajstić information content (AvgIpc) is 2.87. The van der Waals surface area contributed by atoms with Gasteiger partial charge >= 0.3 is 0 Å². The van der Waals surface area contributed by atoms with Crippen LogP contribution in [-0.4, -0.2) is 51.0 Å². The van der Waals surface area contributed by atoms with Crippen molar-refractivity contribution in [2.24, 2.45) is 0 Å². The highest BCUT2D eigenvalue weighted by Crippen LogP contribution is 2.25. The highest BCUT2D eigenvalue weighted by atomic mass is 35.5. The summed E-state index contributed by atoms with van der Waals surface area (Å²) in [6.45, 7) is -0.938. The van der Waals surface area contributed by atoms with E-state index in [1.807, 2.05) is 0 Å². The number of halogens is 4. The molecule has 1 atom stereocenters. The summed E-state index contributed by atoms with van der Waals surface area (Å²) in [4.78, 5) is 28.0. The van der Waals surface area contributed by atoms with E-state index in [2.05, 4.69) is 5.32 Å². The molecular formula is C26H25Cl2F2N3O4S. The number of hydrogen-bond donors (Lipinski definition) is 1. The van der Waals surface area contributed by atoms with E-state index in [-0.39, 0.29) is 23.7 Å². The largest absolute Gasteiger partial charge is 0.357 e. The van der Waals surface area contributed by atoms with Crippen molar-refractivity contribution in [2.45, 2.75) is 19.0 Å². The molecule has 0 radical (unpaired) electrons. The molecule has 1 N–H and O–H groups in total. The highest BCUT2D eigenvalue weighted by Gasteiger charge is 2.33. The standard InChI is InChI=1S/C26H25Cl2F2N3O4S/c1-31-26(35)24(12-17-6-4-3-5-7-17)32(15-18-8-9-19(27)13-21(18)28)25(34)16-33(38(2,36)37)20-10-11-22(29)23(30)14-20/h3-11,13-14,24H,12,15-16H2,1-2H3,(H,31,35)/t24-/m1/s1. The van der Waals surface area contributed by atoms with Gasteiger partial charge in [-0.1, -0.05) is 59.6 Å². The minimum absolute atomic E-state index is 0.113. The lowest BCUT2D eigenvalue weighted by Gasteiger charge is -2.33. The Morgan fingerprint density at radius 1 is 0.974 bits per heavy atom. The Morgan fingerprint density at radius 3 is 2.24 bits per heavy atom. The van der Waals surface area contributed by atoms with Crippen molar-refractivity contribution in [3.05, 3.63) is 99.5 Å². The molecule has 7 nitrogen and oxygen atoms in total. The topological polar surface area (TPSA) is 86.8 Å². The van der Waals surface area contributed by atoms with E-state index in [0.717, 1.165) is 24.0 Å². The number of likely N-dealkylation sites (N-methyl/N-ethyl adjacent to an activating group) is 1. The van der Waals surface area contributed by atoms with Gasteiger partial charge in [-0.05, 0) is 35.4 Å². The number of hydrogen-bond acceptors (Lipinski definition) is 4. The fraction of sp³-hybridized carbons (Fsp3) is 0.231. The Morgan fingerprint density at radius 2 is 1.66 bits per heavy atom. The highest BCUT2D eigenvalue weighted by molar-refractivity contribution is 7.92. The van der Waals surface area contributed by atoms with Crippen molar-refractivity contribution in [3.8, 4) is 0 Å². The van der Waals surface area contributed by atoms with Crippen LogP contribution in [0.3, 0.4) is 0 Å². The van der Waals surface area contributed by atoms with Crippen molar-refractivity contribution < 1.29 is 26.8 Å².